The van der Waals surface area contributed by atoms with Crippen molar-refractivity contribution in [1.29, 1.82) is 0 Å². The summed E-state index contributed by atoms with van der Waals surface area (Å²) in [5.74, 6) is -0.320. The molecule has 0 heterocycles. The second-order valence-corrected chi connectivity index (χ2v) is 4.33. The minimum atomic E-state index is -4.39. The van der Waals surface area contributed by atoms with Gasteiger partial charge in [0.05, 0.1) is 5.56 Å². The molecule has 20 heavy (non-hydrogen) atoms. The minimum Gasteiger partial charge on any atom is -0.349 e. The van der Waals surface area contributed by atoms with Crippen LogP contribution in [0, 0.1) is 0 Å². The highest BCUT2D eigenvalue weighted by Crippen LogP contribution is 2.31. The molecule has 2 nitrogen and oxygen atoms in total. The smallest absolute Gasteiger partial charge is 0.349 e. The Morgan fingerprint density at radius 1 is 1.35 bits per heavy atom. The molecule has 0 radical (unpaired) electrons. The summed E-state index contributed by atoms with van der Waals surface area (Å²) in [4.78, 5) is 11.8. The van der Waals surface area contributed by atoms with Crippen LogP contribution in [0.15, 0.2) is 42.5 Å². The van der Waals surface area contributed by atoms with Gasteiger partial charge in [0.2, 0.25) is 5.91 Å². The van der Waals surface area contributed by atoms with Gasteiger partial charge in [-0.1, -0.05) is 18.2 Å². The zero-order valence-electron chi connectivity index (χ0n) is 11.3. The Morgan fingerprint density at radius 3 is 2.55 bits per heavy atom. The predicted molar refractivity (Wildman–Crippen MR) is 72.9 cm³/mol. The second kappa shape index (κ2) is 6.41. The topological polar surface area (TPSA) is 29.1 Å². The van der Waals surface area contributed by atoms with E-state index in [2.05, 4.69) is 11.9 Å². The summed E-state index contributed by atoms with van der Waals surface area (Å²) in [5, 5.41) is 2.59. The van der Waals surface area contributed by atoms with E-state index < -0.39 is 11.7 Å². The molecular weight excluding hydrogens is 267 g/mol. The molecule has 1 aromatic carbocycles. The number of hydrogen-bond donors (Lipinski definition) is 1. The lowest BCUT2D eigenvalue weighted by molar-refractivity contribution is -0.137. The van der Waals surface area contributed by atoms with Crippen LogP contribution < -0.4 is 5.32 Å². The highest BCUT2D eigenvalue weighted by molar-refractivity contribution is 6.00. The second-order valence-electron chi connectivity index (χ2n) is 4.33. The molecule has 0 atom stereocenters. The van der Waals surface area contributed by atoms with E-state index in [1.165, 1.54) is 12.1 Å². The third-order valence-electron chi connectivity index (χ3n) is 2.93. The van der Waals surface area contributed by atoms with E-state index in [0.717, 1.165) is 12.1 Å². The summed E-state index contributed by atoms with van der Waals surface area (Å²) >= 11 is 0. The molecule has 0 aromatic heterocycles. The summed E-state index contributed by atoms with van der Waals surface area (Å²) < 4.78 is 38.0. The standard InChI is InChI=1S/C15H16F3NO/c1-4-8-19-14(20)11(3)10(2)12-6-5-7-13(9-12)15(16,17)18/h4-7,9H,1,8H2,2-3H3,(H,19,20)/b11-10+. The quantitative estimate of drug-likeness (QED) is 0.661. The van der Waals surface area contributed by atoms with E-state index in [9.17, 15) is 18.0 Å². The molecule has 108 valence electrons. The highest BCUT2D eigenvalue weighted by Gasteiger charge is 2.30. The first-order valence-electron chi connectivity index (χ1n) is 6.01. The Balaban J connectivity index is 3.10. The van der Waals surface area contributed by atoms with Crippen LogP contribution in [0.4, 0.5) is 13.2 Å². The maximum atomic E-state index is 12.7. The lowest BCUT2D eigenvalue weighted by Gasteiger charge is -2.11. The van der Waals surface area contributed by atoms with E-state index in [-0.39, 0.29) is 5.91 Å². The molecule has 0 unspecified atom stereocenters. The molecule has 1 N–H and O–H groups in total. The number of carbonyl (C=O) groups excluding carboxylic acids is 1. The molecule has 0 saturated carbocycles. The first-order valence-corrected chi connectivity index (χ1v) is 6.01. The summed E-state index contributed by atoms with van der Waals surface area (Å²) in [6.45, 7) is 6.99. The third-order valence-corrected chi connectivity index (χ3v) is 2.93. The van der Waals surface area contributed by atoms with Crippen LogP contribution in [0.2, 0.25) is 0 Å². The molecule has 1 rings (SSSR count). The molecule has 1 amide bonds. The lowest BCUT2D eigenvalue weighted by atomic mass is 9.99. The van der Waals surface area contributed by atoms with Crippen molar-refractivity contribution in [3.05, 3.63) is 53.6 Å². The first-order chi connectivity index (χ1) is 9.27. The van der Waals surface area contributed by atoms with Crippen molar-refractivity contribution >= 4 is 11.5 Å². The maximum absolute atomic E-state index is 12.7. The number of halogens is 3. The largest absolute Gasteiger partial charge is 0.416 e. The van der Waals surface area contributed by atoms with Crippen LogP contribution in [-0.4, -0.2) is 12.5 Å². The number of allylic oxidation sites excluding steroid dienone is 1. The van der Waals surface area contributed by atoms with Gasteiger partial charge < -0.3 is 5.32 Å². The first kappa shape index (κ1) is 16.0. The average Bonchev–Trinajstić information content (AvgIpc) is 2.42. The monoisotopic (exact) mass is 283 g/mol. The molecule has 1 aromatic rings. The Labute approximate surface area is 116 Å². The Morgan fingerprint density at radius 2 is 2.00 bits per heavy atom. The predicted octanol–water partition coefficient (Wildman–Crippen LogP) is 3.80. The van der Waals surface area contributed by atoms with Crippen LogP contribution in [0.5, 0.6) is 0 Å². The van der Waals surface area contributed by atoms with Crippen molar-refractivity contribution in [2.75, 3.05) is 6.54 Å². The summed E-state index contributed by atoms with van der Waals surface area (Å²) in [6.07, 6.45) is -2.86. The van der Waals surface area contributed by atoms with Gasteiger partial charge in [0, 0.05) is 12.1 Å². The van der Waals surface area contributed by atoms with Gasteiger partial charge >= 0.3 is 6.18 Å². The van der Waals surface area contributed by atoms with Crippen molar-refractivity contribution in [3.8, 4) is 0 Å². The van der Waals surface area contributed by atoms with Crippen LogP contribution in [0.3, 0.4) is 0 Å². The number of carbonyl (C=O) groups is 1. The van der Waals surface area contributed by atoms with E-state index >= 15 is 0 Å². The molecule has 0 saturated heterocycles. The van der Waals surface area contributed by atoms with Gasteiger partial charge in [-0.25, -0.2) is 0 Å². The zero-order valence-corrected chi connectivity index (χ0v) is 11.3. The fraction of sp³-hybridized carbons (Fsp3) is 0.267. The SMILES string of the molecule is C=CCNC(=O)/C(C)=C(\C)c1cccc(C(F)(F)F)c1. The van der Waals surface area contributed by atoms with Gasteiger partial charge in [-0.3, -0.25) is 4.79 Å². The van der Waals surface area contributed by atoms with Crippen molar-refractivity contribution < 1.29 is 18.0 Å². The van der Waals surface area contributed by atoms with Crippen LogP contribution in [0.25, 0.3) is 5.57 Å². The maximum Gasteiger partial charge on any atom is 0.416 e. The van der Waals surface area contributed by atoms with E-state index in [0.29, 0.717) is 23.3 Å². The fourth-order valence-corrected chi connectivity index (χ4v) is 1.61. The van der Waals surface area contributed by atoms with E-state index in [4.69, 9.17) is 0 Å². The number of hydrogen-bond acceptors (Lipinski definition) is 1. The van der Waals surface area contributed by atoms with Gasteiger partial charge in [0.25, 0.3) is 0 Å². The van der Waals surface area contributed by atoms with Crippen LogP contribution >= 0.6 is 0 Å². The molecule has 5 heteroatoms. The third kappa shape index (κ3) is 3.98. The number of amides is 1. The van der Waals surface area contributed by atoms with Gasteiger partial charge in [0.15, 0.2) is 0 Å². The molecule has 0 fully saturated rings. The number of alkyl halides is 3. The molecule has 0 aliphatic heterocycles. The number of rotatable bonds is 4. The average molecular weight is 283 g/mol. The molecule has 0 aliphatic carbocycles. The van der Waals surface area contributed by atoms with Gasteiger partial charge in [0.1, 0.15) is 0 Å². The summed E-state index contributed by atoms with van der Waals surface area (Å²) in [5.41, 5.74) is 0.545. The Kier molecular flexibility index (Phi) is 5.13. The van der Waals surface area contributed by atoms with Gasteiger partial charge in [-0.05, 0) is 37.1 Å². The Bertz CT molecular complexity index is 544. The van der Waals surface area contributed by atoms with Gasteiger partial charge in [-0.2, -0.15) is 13.2 Å². The summed E-state index contributed by atoms with van der Waals surface area (Å²) in [7, 11) is 0. The van der Waals surface area contributed by atoms with Crippen LogP contribution in [0.1, 0.15) is 25.0 Å². The fourth-order valence-electron chi connectivity index (χ4n) is 1.61. The highest BCUT2D eigenvalue weighted by atomic mass is 19.4. The molecule has 0 bridgehead atoms. The van der Waals surface area contributed by atoms with Crippen molar-refractivity contribution in [2.45, 2.75) is 20.0 Å². The minimum absolute atomic E-state index is 0.312. The number of nitrogens with one attached hydrogen (secondary N) is 1. The summed E-state index contributed by atoms with van der Waals surface area (Å²) in [6, 6.07) is 4.93. The zero-order chi connectivity index (χ0) is 15.3. The molecule has 0 aliphatic rings. The van der Waals surface area contributed by atoms with Gasteiger partial charge in [-0.15, -0.1) is 6.58 Å². The van der Waals surface area contributed by atoms with Crippen molar-refractivity contribution in [3.63, 3.8) is 0 Å². The van der Waals surface area contributed by atoms with Crippen LogP contribution in [-0.2, 0) is 11.0 Å². The molecular formula is C15H16F3NO. The Hall–Kier alpha value is -2.04. The number of benzene rings is 1. The van der Waals surface area contributed by atoms with E-state index in [1.54, 1.807) is 19.9 Å². The lowest BCUT2D eigenvalue weighted by Crippen LogP contribution is -2.24. The van der Waals surface area contributed by atoms with E-state index in [1.807, 2.05) is 0 Å². The van der Waals surface area contributed by atoms with Crippen molar-refractivity contribution in [2.24, 2.45) is 0 Å². The normalized spacial score (nSPS) is 12.7. The molecule has 0 spiro atoms. The van der Waals surface area contributed by atoms with Crippen molar-refractivity contribution in [1.82, 2.24) is 5.32 Å².